The van der Waals surface area contributed by atoms with Crippen molar-refractivity contribution >= 4 is 16.9 Å². The van der Waals surface area contributed by atoms with Crippen molar-refractivity contribution in [2.75, 3.05) is 0 Å². The highest BCUT2D eigenvalue weighted by atomic mass is 16.5. The molecule has 0 aliphatic carbocycles. The lowest BCUT2D eigenvalue weighted by Gasteiger charge is -2.09. The predicted octanol–water partition coefficient (Wildman–Crippen LogP) is 2.66. The Morgan fingerprint density at radius 2 is 2.12 bits per heavy atom. The first-order chi connectivity index (χ1) is 7.99. The smallest absolute Gasteiger partial charge is 0.337 e. The minimum Gasteiger partial charge on any atom is -0.491 e. The van der Waals surface area contributed by atoms with Crippen molar-refractivity contribution in [1.82, 2.24) is 4.57 Å². The van der Waals surface area contributed by atoms with Crippen LogP contribution in [0.25, 0.3) is 10.9 Å². The lowest BCUT2D eigenvalue weighted by atomic mass is 10.1. The summed E-state index contributed by atoms with van der Waals surface area (Å²) in [5, 5.41) is 9.82. The van der Waals surface area contributed by atoms with Crippen LogP contribution in [0.5, 0.6) is 5.75 Å². The molecule has 1 aromatic carbocycles. The van der Waals surface area contributed by atoms with Crippen LogP contribution in [0.3, 0.4) is 0 Å². The van der Waals surface area contributed by atoms with Crippen LogP contribution in [0.15, 0.2) is 24.4 Å². The zero-order valence-corrected chi connectivity index (χ0v) is 10.1. The van der Waals surface area contributed by atoms with Crippen molar-refractivity contribution in [2.24, 2.45) is 7.05 Å². The van der Waals surface area contributed by atoms with Gasteiger partial charge >= 0.3 is 5.97 Å². The molecular weight excluding hydrogens is 218 g/mol. The van der Waals surface area contributed by atoms with E-state index in [4.69, 9.17) is 9.84 Å². The van der Waals surface area contributed by atoms with E-state index in [1.807, 2.05) is 33.0 Å². The second-order valence-corrected chi connectivity index (χ2v) is 4.30. The van der Waals surface area contributed by atoms with Crippen LogP contribution in [-0.2, 0) is 7.05 Å². The molecular formula is C13H15NO3. The van der Waals surface area contributed by atoms with Gasteiger partial charge in [-0.15, -0.1) is 0 Å². The van der Waals surface area contributed by atoms with E-state index in [2.05, 4.69) is 0 Å². The Morgan fingerprint density at radius 1 is 1.41 bits per heavy atom. The summed E-state index contributed by atoms with van der Waals surface area (Å²) in [6.07, 6.45) is 1.69. The summed E-state index contributed by atoms with van der Waals surface area (Å²) < 4.78 is 7.37. The molecule has 0 saturated carbocycles. The van der Waals surface area contributed by atoms with E-state index in [9.17, 15) is 4.79 Å². The Kier molecular flexibility index (Phi) is 2.79. The topological polar surface area (TPSA) is 51.5 Å². The van der Waals surface area contributed by atoms with Crippen LogP contribution >= 0.6 is 0 Å². The number of carboxylic acids is 1. The van der Waals surface area contributed by atoms with Gasteiger partial charge in [0.15, 0.2) is 0 Å². The molecule has 1 heterocycles. The van der Waals surface area contributed by atoms with Gasteiger partial charge in [0.25, 0.3) is 0 Å². The molecule has 2 rings (SSSR count). The van der Waals surface area contributed by atoms with Crippen molar-refractivity contribution in [3.8, 4) is 5.75 Å². The summed E-state index contributed by atoms with van der Waals surface area (Å²) in [6.45, 7) is 3.88. The lowest BCUT2D eigenvalue weighted by molar-refractivity contribution is 0.0699. The van der Waals surface area contributed by atoms with Crippen LogP contribution in [0.1, 0.15) is 24.2 Å². The van der Waals surface area contributed by atoms with Gasteiger partial charge in [-0.2, -0.15) is 0 Å². The highest BCUT2D eigenvalue weighted by molar-refractivity contribution is 6.03. The molecule has 0 amide bonds. The van der Waals surface area contributed by atoms with E-state index in [0.29, 0.717) is 16.7 Å². The molecule has 0 saturated heterocycles. The van der Waals surface area contributed by atoms with Crippen molar-refractivity contribution in [3.05, 3.63) is 30.0 Å². The SMILES string of the molecule is CC(C)Oc1ccc2c(c1)c(C(=O)O)cn2C. The number of hydrogen-bond acceptors (Lipinski definition) is 2. The van der Waals surface area contributed by atoms with Gasteiger partial charge in [0.2, 0.25) is 0 Å². The van der Waals surface area contributed by atoms with Crippen LogP contribution in [0, 0.1) is 0 Å². The third kappa shape index (κ3) is 2.11. The first kappa shape index (κ1) is 11.5. The molecule has 4 heteroatoms. The zero-order chi connectivity index (χ0) is 12.6. The summed E-state index contributed by atoms with van der Waals surface area (Å²) in [7, 11) is 1.83. The highest BCUT2D eigenvalue weighted by Gasteiger charge is 2.13. The van der Waals surface area contributed by atoms with E-state index in [1.54, 1.807) is 16.8 Å². The number of aryl methyl sites for hydroxylation is 1. The second kappa shape index (κ2) is 4.13. The molecule has 90 valence electrons. The number of ether oxygens (including phenoxy) is 1. The molecule has 0 aliphatic heterocycles. The van der Waals surface area contributed by atoms with E-state index in [1.165, 1.54) is 0 Å². The second-order valence-electron chi connectivity index (χ2n) is 4.30. The number of aromatic nitrogens is 1. The van der Waals surface area contributed by atoms with Gasteiger partial charge in [0, 0.05) is 24.1 Å². The first-order valence-corrected chi connectivity index (χ1v) is 5.48. The van der Waals surface area contributed by atoms with Gasteiger partial charge in [0.1, 0.15) is 5.75 Å². The molecule has 1 aromatic heterocycles. The molecule has 0 spiro atoms. The van der Waals surface area contributed by atoms with Gasteiger partial charge < -0.3 is 14.4 Å². The van der Waals surface area contributed by atoms with Crippen molar-refractivity contribution < 1.29 is 14.6 Å². The highest BCUT2D eigenvalue weighted by Crippen LogP contribution is 2.26. The summed E-state index contributed by atoms with van der Waals surface area (Å²) in [6, 6.07) is 5.51. The maximum Gasteiger partial charge on any atom is 0.337 e. The fourth-order valence-corrected chi connectivity index (χ4v) is 1.89. The van der Waals surface area contributed by atoms with Gasteiger partial charge in [0.05, 0.1) is 11.7 Å². The van der Waals surface area contributed by atoms with Crippen molar-refractivity contribution in [2.45, 2.75) is 20.0 Å². The molecule has 0 unspecified atom stereocenters. The summed E-state index contributed by atoms with van der Waals surface area (Å²) >= 11 is 0. The number of hydrogen-bond donors (Lipinski definition) is 1. The number of fused-ring (bicyclic) bond motifs is 1. The summed E-state index contributed by atoms with van der Waals surface area (Å²) in [4.78, 5) is 11.1. The van der Waals surface area contributed by atoms with Crippen molar-refractivity contribution in [3.63, 3.8) is 0 Å². The molecule has 4 nitrogen and oxygen atoms in total. The molecule has 17 heavy (non-hydrogen) atoms. The molecule has 0 radical (unpaired) electrons. The maximum atomic E-state index is 11.1. The molecule has 0 aliphatic rings. The van der Waals surface area contributed by atoms with Crippen LogP contribution < -0.4 is 4.74 Å². The van der Waals surface area contributed by atoms with Crippen LogP contribution in [0.4, 0.5) is 0 Å². The Morgan fingerprint density at radius 3 is 2.71 bits per heavy atom. The van der Waals surface area contributed by atoms with E-state index >= 15 is 0 Å². The zero-order valence-electron chi connectivity index (χ0n) is 10.1. The monoisotopic (exact) mass is 233 g/mol. The van der Waals surface area contributed by atoms with Crippen LogP contribution in [0.2, 0.25) is 0 Å². The number of carbonyl (C=O) groups is 1. The third-order valence-electron chi connectivity index (χ3n) is 2.56. The Hall–Kier alpha value is -1.97. The Labute approximate surface area is 99.4 Å². The Balaban J connectivity index is 2.58. The van der Waals surface area contributed by atoms with Crippen LogP contribution in [-0.4, -0.2) is 21.7 Å². The lowest BCUT2D eigenvalue weighted by Crippen LogP contribution is -2.05. The molecule has 2 aromatic rings. The minimum absolute atomic E-state index is 0.0736. The first-order valence-electron chi connectivity index (χ1n) is 5.48. The van der Waals surface area contributed by atoms with E-state index < -0.39 is 5.97 Å². The number of nitrogens with zero attached hydrogens (tertiary/aromatic N) is 1. The average Bonchev–Trinajstić information content (AvgIpc) is 2.55. The van der Waals surface area contributed by atoms with Crippen molar-refractivity contribution in [1.29, 1.82) is 0 Å². The average molecular weight is 233 g/mol. The fraction of sp³-hybridized carbons (Fsp3) is 0.308. The normalized spacial score (nSPS) is 11.1. The molecule has 1 N–H and O–H groups in total. The largest absolute Gasteiger partial charge is 0.491 e. The number of rotatable bonds is 3. The number of aromatic carboxylic acids is 1. The predicted molar refractivity (Wildman–Crippen MR) is 65.6 cm³/mol. The number of carboxylic acid groups (broad SMARTS) is 1. The quantitative estimate of drug-likeness (QED) is 0.886. The Bertz CT molecular complexity index is 569. The molecule has 0 atom stereocenters. The summed E-state index contributed by atoms with van der Waals surface area (Å²) in [5.41, 5.74) is 1.19. The van der Waals surface area contributed by atoms with Gasteiger partial charge in [-0.25, -0.2) is 4.79 Å². The minimum atomic E-state index is -0.919. The number of benzene rings is 1. The third-order valence-corrected chi connectivity index (χ3v) is 2.56. The molecule has 0 bridgehead atoms. The van der Waals surface area contributed by atoms with Gasteiger partial charge in [-0.05, 0) is 32.0 Å². The standard InChI is InChI=1S/C13H15NO3/c1-8(2)17-9-4-5-12-10(6-9)11(13(15)16)7-14(12)3/h4-8H,1-3H3,(H,15,16). The maximum absolute atomic E-state index is 11.1. The molecule has 0 fully saturated rings. The van der Waals surface area contributed by atoms with E-state index in [0.717, 1.165) is 5.52 Å². The van der Waals surface area contributed by atoms with Gasteiger partial charge in [-0.3, -0.25) is 0 Å². The fourth-order valence-electron chi connectivity index (χ4n) is 1.89. The summed E-state index contributed by atoms with van der Waals surface area (Å²) in [5.74, 6) is -0.224. The van der Waals surface area contributed by atoms with E-state index in [-0.39, 0.29) is 6.10 Å². The van der Waals surface area contributed by atoms with Gasteiger partial charge in [-0.1, -0.05) is 0 Å².